The maximum Gasteiger partial charge on any atom is 0.251 e. The summed E-state index contributed by atoms with van der Waals surface area (Å²) in [5.74, 6) is 0.857. The molecule has 0 unspecified atom stereocenters. The zero-order chi connectivity index (χ0) is 14.6. The number of hydrogen-bond acceptors (Lipinski definition) is 4. The molecule has 1 aromatic carbocycles. The lowest BCUT2D eigenvalue weighted by Crippen LogP contribution is -2.45. The van der Waals surface area contributed by atoms with Crippen molar-refractivity contribution in [2.24, 2.45) is 5.73 Å². The number of benzene rings is 1. The number of carbonyl (C=O) groups excluding carboxylic acids is 1. The average molecular weight is 331 g/mol. The zero-order valence-electron chi connectivity index (χ0n) is 11.5. The molecule has 0 aliphatic carbocycles. The van der Waals surface area contributed by atoms with Gasteiger partial charge >= 0.3 is 0 Å². The topological polar surface area (TPSA) is 73.6 Å². The Bertz CT molecular complexity index is 444. The van der Waals surface area contributed by atoms with Crippen molar-refractivity contribution < 1.29 is 14.3 Å². The van der Waals surface area contributed by atoms with E-state index in [1.165, 1.54) is 14.2 Å². The molecule has 0 saturated carbocycles. The van der Waals surface area contributed by atoms with Gasteiger partial charge in [-0.2, -0.15) is 0 Å². The van der Waals surface area contributed by atoms with Crippen molar-refractivity contribution in [3.63, 3.8) is 0 Å². The lowest BCUT2D eigenvalue weighted by atomic mass is 10.1. The second-order valence-corrected chi connectivity index (χ2v) is 5.66. The first-order valence-corrected chi connectivity index (χ1v) is 6.56. The molecular formula is C13H19BrN2O3. The van der Waals surface area contributed by atoms with Gasteiger partial charge < -0.3 is 20.5 Å². The molecule has 0 heterocycles. The quantitative estimate of drug-likeness (QED) is 0.865. The molecule has 1 aromatic rings. The van der Waals surface area contributed by atoms with Gasteiger partial charge in [-0.3, -0.25) is 4.79 Å². The van der Waals surface area contributed by atoms with Crippen LogP contribution in [0.4, 0.5) is 0 Å². The van der Waals surface area contributed by atoms with Crippen LogP contribution >= 0.6 is 15.9 Å². The van der Waals surface area contributed by atoms with Gasteiger partial charge in [-0.1, -0.05) is 0 Å². The van der Waals surface area contributed by atoms with Crippen molar-refractivity contribution in [1.29, 1.82) is 0 Å². The fraction of sp³-hybridized carbons (Fsp3) is 0.462. The molecule has 0 bridgehead atoms. The Labute approximate surface area is 121 Å². The highest BCUT2D eigenvalue weighted by atomic mass is 79.9. The molecule has 0 fully saturated rings. The number of nitrogens with one attached hydrogen (secondary N) is 1. The summed E-state index contributed by atoms with van der Waals surface area (Å²) in [6, 6.07) is 3.29. The minimum Gasteiger partial charge on any atom is -0.495 e. The Kier molecular flexibility index (Phi) is 5.20. The van der Waals surface area contributed by atoms with E-state index in [0.717, 1.165) is 0 Å². The summed E-state index contributed by atoms with van der Waals surface area (Å²) in [5, 5.41) is 2.77. The van der Waals surface area contributed by atoms with Crippen molar-refractivity contribution in [2.75, 3.05) is 20.8 Å². The predicted octanol–water partition coefficient (Wildman–Crippen LogP) is 1.93. The molecule has 1 rings (SSSR count). The van der Waals surface area contributed by atoms with E-state index >= 15 is 0 Å². The molecular weight excluding hydrogens is 312 g/mol. The number of methoxy groups -OCH3 is 2. The molecule has 0 radical (unpaired) electrons. The first-order valence-electron chi connectivity index (χ1n) is 5.77. The van der Waals surface area contributed by atoms with Gasteiger partial charge in [0.15, 0.2) is 0 Å². The molecule has 5 nitrogen and oxygen atoms in total. The first-order chi connectivity index (χ1) is 8.78. The largest absolute Gasteiger partial charge is 0.495 e. The number of halogens is 1. The highest BCUT2D eigenvalue weighted by Crippen LogP contribution is 2.35. The summed E-state index contributed by atoms with van der Waals surface area (Å²) in [7, 11) is 3.06. The number of amides is 1. The molecule has 106 valence electrons. The van der Waals surface area contributed by atoms with E-state index in [0.29, 0.717) is 28.1 Å². The van der Waals surface area contributed by atoms with Gasteiger partial charge in [-0.15, -0.1) is 0 Å². The Balaban J connectivity index is 2.97. The van der Waals surface area contributed by atoms with Crippen LogP contribution in [0, 0.1) is 0 Å². The van der Waals surface area contributed by atoms with Gasteiger partial charge in [0, 0.05) is 17.6 Å². The third-order valence-corrected chi connectivity index (χ3v) is 3.19. The number of carbonyl (C=O) groups is 1. The van der Waals surface area contributed by atoms with Gasteiger partial charge in [0.05, 0.1) is 14.2 Å². The van der Waals surface area contributed by atoms with E-state index in [1.807, 2.05) is 13.8 Å². The number of ether oxygens (including phenoxy) is 2. The summed E-state index contributed by atoms with van der Waals surface area (Å²) < 4.78 is 11.1. The lowest BCUT2D eigenvalue weighted by Gasteiger charge is -2.19. The smallest absolute Gasteiger partial charge is 0.251 e. The van der Waals surface area contributed by atoms with Gasteiger partial charge in [0.1, 0.15) is 16.0 Å². The SMILES string of the molecule is COc1cc(C(=O)NCC(C)(C)N)cc(OC)c1Br. The molecule has 0 atom stereocenters. The molecule has 3 N–H and O–H groups in total. The van der Waals surface area contributed by atoms with E-state index in [9.17, 15) is 4.79 Å². The van der Waals surface area contributed by atoms with Crippen LogP contribution in [-0.2, 0) is 0 Å². The molecule has 19 heavy (non-hydrogen) atoms. The van der Waals surface area contributed by atoms with Gasteiger partial charge in [-0.25, -0.2) is 0 Å². The highest BCUT2D eigenvalue weighted by molar-refractivity contribution is 9.10. The maximum absolute atomic E-state index is 12.0. The molecule has 0 aromatic heterocycles. The van der Waals surface area contributed by atoms with E-state index in [1.54, 1.807) is 12.1 Å². The van der Waals surface area contributed by atoms with Crippen molar-refractivity contribution in [2.45, 2.75) is 19.4 Å². The summed E-state index contributed by atoms with van der Waals surface area (Å²) in [6.07, 6.45) is 0. The lowest BCUT2D eigenvalue weighted by molar-refractivity contribution is 0.0945. The highest BCUT2D eigenvalue weighted by Gasteiger charge is 2.17. The third-order valence-electron chi connectivity index (χ3n) is 2.41. The van der Waals surface area contributed by atoms with Crippen LogP contribution in [0.15, 0.2) is 16.6 Å². The summed E-state index contributed by atoms with van der Waals surface area (Å²) in [6.45, 7) is 4.07. The molecule has 0 aliphatic heterocycles. The Morgan fingerprint density at radius 2 is 1.79 bits per heavy atom. The molecule has 0 spiro atoms. The van der Waals surface area contributed by atoms with Gasteiger partial charge in [-0.05, 0) is 41.9 Å². The monoisotopic (exact) mass is 330 g/mol. The maximum atomic E-state index is 12.0. The fourth-order valence-corrected chi connectivity index (χ4v) is 1.96. The second kappa shape index (κ2) is 6.25. The average Bonchev–Trinajstić information content (AvgIpc) is 2.35. The van der Waals surface area contributed by atoms with Crippen LogP contribution in [0.5, 0.6) is 11.5 Å². The minimum atomic E-state index is -0.459. The number of rotatable bonds is 5. The van der Waals surface area contributed by atoms with Crippen LogP contribution in [0.3, 0.4) is 0 Å². The van der Waals surface area contributed by atoms with Crippen LogP contribution in [-0.4, -0.2) is 32.2 Å². The summed E-state index contributed by atoms with van der Waals surface area (Å²) in [4.78, 5) is 12.0. The third kappa shape index (κ3) is 4.40. The summed E-state index contributed by atoms with van der Waals surface area (Å²) >= 11 is 3.35. The van der Waals surface area contributed by atoms with Crippen molar-refractivity contribution in [3.05, 3.63) is 22.2 Å². The van der Waals surface area contributed by atoms with Crippen molar-refractivity contribution >= 4 is 21.8 Å². The summed E-state index contributed by atoms with van der Waals surface area (Å²) in [5.41, 5.74) is 5.83. The van der Waals surface area contributed by atoms with Gasteiger partial charge in [0.2, 0.25) is 0 Å². The van der Waals surface area contributed by atoms with Crippen LogP contribution in [0.25, 0.3) is 0 Å². The predicted molar refractivity (Wildman–Crippen MR) is 77.8 cm³/mol. The standard InChI is InChI=1S/C13H19BrN2O3/c1-13(2,15)7-16-12(17)8-5-9(18-3)11(14)10(6-8)19-4/h5-6H,7,15H2,1-4H3,(H,16,17). The van der Waals surface area contributed by atoms with Crippen molar-refractivity contribution in [1.82, 2.24) is 5.32 Å². The molecule has 1 amide bonds. The van der Waals surface area contributed by atoms with E-state index < -0.39 is 5.54 Å². The second-order valence-electron chi connectivity index (χ2n) is 4.87. The normalized spacial score (nSPS) is 11.1. The van der Waals surface area contributed by atoms with Crippen LogP contribution in [0.1, 0.15) is 24.2 Å². The zero-order valence-corrected chi connectivity index (χ0v) is 13.1. The van der Waals surface area contributed by atoms with Crippen molar-refractivity contribution in [3.8, 4) is 11.5 Å². The molecule has 0 saturated heterocycles. The molecule has 0 aliphatic rings. The van der Waals surface area contributed by atoms with Crippen LogP contribution in [0.2, 0.25) is 0 Å². The Morgan fingerprint density at radius 3 is 2.16 bits per heavy atom. The first kappa shape index (κ1) is 15.8. The van der Waals surface area contributed by atoms with Crippen LogP contribution < -0.4 is 20.5 Å². The Morgan fingerprint density at radius 1 is 1.32 bits per heavy atom. The van der Waals surface area contributed by atoms with Gasteiger partial charge in [0.25, 0.3) is 5.91 Å². The fourth-order valence-electron chi connectivity index (χ4n) is 1.41. The Hall–Kier alpha value is -1.27. The van der Waals surface area contributed by atoms with E-state index in [4.69, 9.17) is 15.2 Å². The van der Waals surface area contributed by atoms with E-state index in [-0.39, 0.29) is 5.91 Å². The molecule has 6 heteroatoms. The number of hydrogen-bond donors (Lipinski definition) is 2. The minimum absolute atomic E-state index is 0.220. The van der Waals surface area contributed by atoms with E-state index in [2.05, 4.69) is 21.2 Å². The number of nitrogens with two attached hydrogens (primary N) is 1.